The number of anilines is 1. The number of hydrogen-bond acceptors (Lipinski definition) is 5. The summed E-state index contributed by atoms with van der Waals surface area (Å²) in [4.78, 5) is 9.29. The molecule has 0 radical (unpaired) electrons. The summed E-state index contributed by atoms with van der Waals surface area (Å²) in [5.41, 5.74) is 4.46. The summed E-state index contributed by atoms with van der Waals surface area (Å²) in [6, 6.07) is 17.7. The number of aromatic nitrogens is 5. The fourth-order valence-electron chi connectivity index (χ4n) is 2.69. The molecule has 0 aliphatic carbocycles. The smallest absolute Gasteiger partial charge is 0.148 e. The van der Waals surface area contributed by atoms with Crippen molar-refractivity contribution in [3.05, 3.63) is 72.2 Å². The quantitative estimate of drug-likeness (QED) is 0.618. The van der Waals surface area contributed by atoms with Crippen LogP contribution >= 0.6 is 0 Å². The molecular formula is C19H18N6. The van der Waals surface area contributed by atoms with Gasteiger partial charge in [0.05, 0.1) is 34.7 Å². The van der Waals surface area contributed by atoms with E-state index in [1.807, 2.05) is 74.6 Å². The molecule has 0 spiro atoms. The van der Waals surface area contributed by atoms with E-state index in [-0.39, 0.29) is 6.04 Å². The Bertz CT molecular complexity index is 1010. The molecule has 0 bridgehead atoms. The van der Waals surface area contributed by atoms with Gasteiger partial charge in [-0.15, -0.1) is 5.10 Å². The van der Waals surface area contributed by atoms with Gasteiger partial charge >= 0.3 is 0 Å². The van der Waals surface area contributed by atoms with E-state index in [1.54, 1.807) is 4.68 Å². The van der Waals surface area contributed by atoms with Crippen LogP contribution in [0.5, 0.6) is 0 Å². The molecule has 6 heteroatoms. The summed E-state index contributed by atoms with van der Waals surface area (Å²) < 4.78 is 1.77. The Morgan fingerprint density at radius 3 is 2.36 bits per heavy atom. The van der Waals surface area contributed by atoms with Gasteiger partial charge in [-0.1, -0.05) is 35.5 Å². The molecule has 2 heterocycles. The minimum atomic E-state index is -0.0355. The van der Waals surface area contributed by atoms with E-state index >= 15 is 0 Å². The maximum atomic E-state index is 4.68. The zero-order chi connectivity index (χ0) is 17.2. The van der Waals surface area contributed by atoms with E-state index in [9.17, 15) is 0 Å². The lowest BCUT2D eigenvalue weighted by Crippen LogP contribution is -2.10. The van der Waals surface area contributed by atoms with Crippen LogP contribution < -0.4 is 5.32 Å². The van der Waals surface area contributed by atoms with Crippen molar-refractivity contribution in [2.24, 2.45) is 0 Å². The molecule has 25 heavy (non-hydrogen) atoms. The lowest BCUT2D eigenvalue weighted by molar-refractivity contribution is 0.779. The van der Waals surface area contributed by atoms with E-state index in [2.05, 4.69) is 25.6 Å². The number of aryl methyl sites for hydroxylation is 1. The Morgan fingerprint density at radius 2 is 1.60 bits per heavy atom. The van der Waals surface area contributed by atoms with E-state index in [1.165, 1.54) is 0 Å². The second kappa shape index (κ2) is 6.32. The zero-order valence-electron chi connectivity index (χ0n) is 14.1. The Morgan fingerprint density at radius 1 is 0.920 bits per heavy atom. The van der Waals surface area contributed by atoms with Gasteiger partial charge in [-0.2, -0.15) is 0 Å². The highest BCUT2D eigenvalue weighted by Crippen LogP contribution is 2.21. The second-order valence-electron chi connectivity index (χ2n) is 5.94. The Kier molecular flexibility index (Phi) is 3.85. The number of para-hydroxylation sites is 3. The minimum Gasteiger partial charge on any atom is -0.360 e. The molecule has 0 saturated heterocycles. The van der Waals surface area contributed by atoms with Gasteiger partial charge in [0.2, 0.25) is 0 Å². The topological polar surface area (TPSA) is 68.5 Å². The molecule has 1 atom stereocenters. The van der Waals surface area contributed by atoms with Crippen LogP contribution in [0.15, 0.2) is 60.8 Å². The van der Waals surface area contributed by atoms with E-state index in [0.29, 0.717) is 0 Å². The van der Waals surface area contributed by atoms with Gasteiger partial charge in [0, 0.05) is 0 Å². The van der Waals surface area contributed by atoms with Crippen LogP contribution in [0.3, 0.4) is 0 Å². The summed E-state index contributed by atoms with van der Waals surface area (Å²) in [6.07, 6.45) is 1.93. The fraction of sp³-hybridized carbons (Fsp3) is 0.158. The molecule has 0 aliphatic rings. The number of hydrogen-bond donors (Lipinski definition) is 1. The molecule has 6 nitrogen and oxygen atoms in total. The molecule has 1 unspecified atom stereocenters. The van der Waals surface area contributed by atoms with Crippen LogP contribution in [0.2, 0.25) is 0 Å². The van der Waals surface area contributed by atoms with E-state index in [4.69, 9.17) is 0 Å². The SMILES string of the molecule is Cc1nc2ccccc2nc1NC(C)c1cn(-c2ccccc2)nn1. The van der Waals surface area contributed by atoms with Crippen molar-refractivity contribution < 1.29 is 0 Å². The second-order valence-corrected chi connectivity index (χ2v) is 5.94. The number of nitrogens with one attached hydrogen (secondary N) is 1. The highest BCUT2D eigenvalue weighted by molar-refractivity contribution is 5.76. The molecule has 1 N–H and O–H groups in total. The lowest BCUT2D eigenvalue weighted by Gasteiger charge is -2.14. The number of fused-ring (bicyclic) bond motifs is 1. The van der Waals surface area contributed by atoms with Crippen LogP contribution in [0.25, 0.3) is 16.7 Å². The average molecular weight is 330 g/mol. The van der Waals surface area contributed by atoms with Gasteiger partial charge in [-0.25, -0.2) is 14.6 Å². The Labute approximate surface area is 145 Å². The largest absolute Gasteiger partial charge is 0.360 e. The van der Waals surface area contributed by atoms with Gasteiger partial charge in [-0.05, 0) is 38.1 Å². The van der Waals surface area contributed by atoms with Crippen LogP contribution in [0.4, 0.5) is 5.82 Å². The van der Waals surface area contributed by atoms with Crippen LogP contribution in [-0.2, 0) is 0 Å². The first-order valence-electron chi connectivity index (χ1n) is 8.18. The van der Waals surface area contributed by atoms with Crippen molar-refractivity contribution in [2.45, 2.75) is 19.9 Å². The van der Waals surface area contributed by atoms with Gasteiger partial charge in [-0.3, -0.25) is 0 Å². The molecule has 2 aromatic heterocycles. The monoisotopic (exact) mass is 330 g/mol. The third kappa shape index (κ3) is 3.06. The van der Waals surface area contributed by atoms with E-state index in [0.717, 1.165) is 33.9 Å². The first kappa shape index (κ1) is 15.3. The minimum absolute atomic E-state index is 0.0355. The van der Waals surface area contributed by atoms with Crippen molar-refractivity contribution in [1.82, 2.24) is 25.0 Å². The Balaban J connectivity index is 1.59. The lowest BCUT2D eigenvalue weighted by atomic mass is 10.2. The summed E-state index contributed by atoms with van der Waals surface area (Å²) >= 11 is 0. The third-order valence-corrected chi connectivity index (χ3v) is 4.07. The van der Waals surface area contributed by atoms with Crippen molar-refractivity contribution in [2.75, 3.05) is 5.32 Å². The molecule has 0 aliphatic heterocycles. The number of benzene rings is 2. The maximum absolute atomic E-state index is 4.68. The van der Waals surface area contributed by atoms with Crippen molar-refractivity contribution >= 4 is 16.9 Å². The van der Waals surface area contributed by atoms with Crippen LogP contribution in [0.1, 0.15) is 24.4 Å². The first-order valence-corrected chi connectivity index (χ1v) is 8.18. The molecule has 2 aromatic carbocycles. The zero-order valence-corrected chi connectivity index (χ0v) is 14.1. The van der Waals surface area contributed by atoms with Crippen molar-refractivity contribution in [3.8, 4) is 5.69 Å². The summed E-state index contributed by atoms with van der Waals surface area (Å²) in [5, 5.41) is 11.9. The van der Waals surface area contributed by atoms with Crippen molar-refractivity contribution in [3.63, 3.8) is 0 Å². The highest BCUT2D eigenvalue weighted by atomic mass is 15.4. The summed E-state index contributed by atoms with van der Waals surface area (Å²) in [6.45, 7) is 3.99. The molecule has 0 fully saturated rings. The van der Waals surface area contributed by atoms with Gasteiger partial charge in [0.25, 0.3) is 0 Å². The van der Waals surface area contributed by atoms with Crippen LogP contribution in [-0.4, -0.2) is 25.0 Å². The standard InChI is InChI=1S/C19H18N6/c1-13(18-12-25(24-23-18)15-8-4-3-5-9-15)21-19-14(2)20-16-10-6-7-11-17(16)22-19/h3-13H,1-2H3,(H,21,22). The average Bonchev–Trinajstić information content (AvgIpc) is 3.13. The summed E-state index contributed by atoms with van der Waals surface area (Å²) in [5.74, 6) is 0.764. The van der Waals surface area contributed by atoms with Crippen molar-refractivity contribution in [1.29, 1.82) is 0 Å². The molecule has 124 valence electrons. The highest BCUT2D eigenvalue weighted by Gasteiger charge is 2.13. The molecule has 0 saturated carbocycles. The van der Waals surface area contributed by atoms with Crippen LogP contribution in [0, 0.1) is 6.92 Å². The summed E-state index contributed by atoms with van der Waals surface area (Å²) in [7, 11) is 0. The normalized spacial score (nSPS) is 12.2. The Hall–Kier alpha value is -3.28. The van der Waals surface area contributed by atoms with Gasteiger partial charge < -0.3 is 5.32 Å². The number of nitrogens with zero attached hydrogens (tertiary/aromatic N) is 5. The van der Waals surface area contributed by atoms with Gasteiger partial charge in [0.15, 0.2) is 0 Å². The first-order chi connectivity index (χ1) is 12.2. The third-order valence-electron chi connectivity index (χ3n) is 4.07. The number of rotatable bonds is 4. The maximum Gasteiger partial charge on any atom is 0.148 e. The molecule has 4 aromatic rings. The van der Waals surface area contributed by atoms with E-state index < -0.39 is 0 Å². The predicted molar refractivity (Wildman–Crippen MR) is 97.7 cm³/mol. The molecular weight excluding hydrogens is 312 g/mol. The van der Waals surface area contributed by atoms with Gasteiger partial charge in [0.1, 0.15) is 11.5 Å². The molecule has 4 rings (SSSR count). The fourth-order valence-corrected chi connectivity index (χ4v) is 2.69. The molecule has 0 amide bonds. The predicted octanol–water partition coefficient (Wildman–Crippen LogP) is 3.69.